The largest absolute Gasteiger partial charge is 0.396 e. The molecular weight excluding hydrogens is 335 g/mol. The quantitative estimate of drug-likeness (QED) is 0.752. The van der Waals surface area contributed by atoms with Gasteiger partial charge in [0.05, 0.1) is 19.1 Å². The van der Waals surface area contributed by atoms with Gasteiger partial charge in [-0.05, 0) is 38.5 Å². The van der Waals surface area contributed by atoms with E-state index < -0.39 is 12.1 Å². The number of aliphatic hydroxyl groups is 2. The van der Waals surface area contributed by atoms with E-state index >= 15 is 0 Å². The maximum atomic E-state index is 12.3. The van der Waals surface area contributed by atoms with Gasteiger partial charge in [0, 0.05) is 24.9 Å². The SMILES string of the molecule is CCCC(=O)N1CCC(C(F)(F)F)CC1.OCC1(CO)CC=CCC1. The summed E-state index contributed by atoms with van der Waals surface area (Å²) in [6, 6.07) is 0. The van der Waals surface area contributed by atoms with Crippen molar-refractivity contribution in [2.24, 2.45) is 11.3 Å². The highest BCUT2D eigenvalue weighted by atomic mass is 19.4. The van der Waals surface area contributed by atoms with Crippen LogP contribution in [0.3, 0.4) is 0 Å². The number of carbonyl (C=O) groups is 1. The molecule has 0 spiro atoms. The van der Waals surface area contributed by atoms with Crippen LogP contribution in [-0.2, 0) is 4.79 Å². The summed E-state index contributed by atoms with van der Waals surface area (Å²) >= 11 is 0. The Kier molecular flexibility index (Phi) is 8.93. The lowest BCUT2D eigenvalue weighted by atomic mass is 9.79. The van der Waals surface area contributed by atoms with Crippen LogP contribution in [0.25, 0.3) is 0 Å². The highest BCUT2D eigenvalue weighted by Crippen LogP contribution is 2.34. The highest BCUT2D eigenvalue weighted by Gasteiger charge is 2.41. The summed E-state index contributed by atoms with van der Waals surface area (Å²) in [5, 5.41) is 17.9. The molecule has 1 aliphatic carbocycles. The van der Waals surface area contributed by atoms with Crippen LogP contribution in [0.15, 0.2) is 12.2 Å². The van der Waals surface area contributed by atoms with Gasteiger partial charge in [-0.2, -0.15) is 13.2 Å². The second kappa shape index (κ2) is 10.2. The van der Waals surface area contributed by atoms with Gasteiger partial charge in [-0.15, -0.1) is 0 Å². The van der Waals surface area contributed by atoms with Crippen LogP contribution in [0.1, 0.15) is 51.9 Å². The molecule has 146 valence electrons. The highest BCUT2D eigenvalue weighted by molar-refractivity contribution is 5.76. The summed E-state index contributed by atoms with van der Waals surface area (Å²) in [6.07, 6.45) is 4.06. The predicted molar refractivity (Wildman–Crippen MR) is 89.9 cm³/mol. The molecule has 0 aromatic carbocycles. The van der Waals surface area contributed by atoms with Crippen molar-refractivity contribution in [3.8, 4) is 0 Å². The minimum Gasteiger partial charge on any atom is -0.396 e. The summed E-state index contributed by atoms with van der Waals surface area (Å²) in [6.45, 7) is 2.61. The minimum atomic E-state index is -4.10. The molecule has 0 saturated carbocycles. The average molecular weight is 365 g/mol. The number of aliphatic hydroxyl groups excluding tert-OH is 2. The third-order valence-electron chi connectivity index (χ3n) is 5.00. The fourth-order valence-electron chi connectivity index (χ4n) is 3.11. The molecule has 0 radical (unpaired) electrons. The molecule has 1 amide bonds. The van der Waals surface area contributed by atoms with E-state index in [0.29, 0.717) is 6.42 Å². The van der Waals surface area contributed by atoms with Crippen LogP contribution in [-0.4, -0.2) is 53.5 Å². The zero-order valence-corrected chi connectivity index (χ0v) is 14.9. The zero-order valence-electron chi connectivity index (χ0n) is 14.9. The molecule has 1 aliphatic heterocycles. The number of amides is 1. The van der Waals surface area contributed by atoms with Crippen molar-refractivity contribution in [3.05, 3.63) is 12.2 Å². The Bertz CT molecular complexity index is 426. The summed E-state index contributed by atoms with van der Waals surface area (Å²) in [7, 11) is 0. The number of carbonyl (C=O) groups excluding carboxylic acids is 1. The second-order valence-corrected chi connectivity index (χ2v) is 6.98. The van der Waals surface area contributed by atoms with E-state index in [1.165, 1.54) is 0 Å². The molecule has 0 unspecified atom stereocenters. The van der Waals surface area contributed by atoms with Crippen molar-refractivity contribution in [2.75, 3.05) is 26.3 Å². The minimum absolute atomic E-state index is 0.0156. The molecule has 2 rings (SSSR count). The maximum Gasteiger partial charge on any atom is 0.391 e. The van der Waals surface area contributed by atoms with E-state index in [-0.39, 0.29) is 50.5 Å². The van der Waals surface area contributed by atoms with Crippen molar-refractivity contribution in [2.45, 2.75) is 58.0 Å². The third-order valence-corrected chi connectivity index (χ3v) is 5.00. The van der Waals surface area contributed by atoms with Gasteiger partial charge in [0.1, 0.15) is 0 Å². The maximum absolute atomic E-state index is 12.3. The Hall–Kier alpha value is -1.08. The van der Waals surface area contributed by atoms with E-state index in [1.54, 1.807) is 4.90 Å². The topological polar surface area (TPSA) is 60.8 Å². The monoisotopic (exact) mass is 365 g/mol. The Labute approximate surface area is 147 Å². The first-order chi connectivity index (χ1) is 11.8. The molecule has 2 aliphatic rings. The lowest BCUT2D eigenvalue weighted by molar-refractivity contribution is -0.186. The molecule has 1 heterocycles. The fourth-order valence-corrected chi connectivity index (χ4v) is 3.11. The lowest BCUT2D eigenvalue weighted by Crippen LogP contribution is -2.41. The van der Waals surface area contributed by atoms with Crippen LogP contribution in [0.5, 0.6) is 0 Å². The number of hydrogen-bond donors (Lipinski definition) is 2. The lowest BCUT2D eigenvalue weighted by Gasteiger charge is -2.32. The third kappa shape index (κ3) is 6.98. The van der Waals surface area contributed by atoms with Gasteiger partial charge in [0.25, 0.3) is 0 Å². The Morgan fingerprint density at radius 1 is 1.20 bits per heavy atom. The van der Waals surface area contributed by atoms with Crippen LogP contribution in [0, 0.1) is 11.3 Å². The predicted octanol–water partition coefficient (Wildman–Crippen LogP) is 3.28. The van der Waals surface area contributed by atoms with Gasteiger partial charge in [0.15, 0.2) is 0 Å². The van der Waals surface area contributed by atoms with E-state index in [2.05, 4.69) is 6.08 Å². The van der Waals surface area contributed by atoms with Gasteiger partial charge in [-0.25, -0.2) is 0 Å². The van der Waals surface area contributed by atoms with Crippen LogP contribution in [0.2, 0.25) is 0 Å². The molecule has 25 heavy (non-hydrogen) atoms. The van der Waals surface area contributed by atoms with Crippen molar-refractivity contribution in [1.29, 1.82) is 0 Å². The van der Waals surface area contributed by atoms with Crippen LogP contribution in [0.4, 0.5) is 13.2 Å². The van der Waals surface area contributed by atoms with Crippen molar-refractivity contribution >= 4 is 5.91 Å². The normalized spacial score (nSPS) is 20.8. The Balaban J connectivity index is 0.000000271. The number of alkyl halides is 3. The number of allylic oxidation sites excluding steroid dienone is 2. The molecule has 0 aromatic heterocycles. The standard InChI is InChI=1S/C10H16F3NO.C8H14O2/c1-2-3-9(15)14-6-4-8(5-7-14)10(11,12)13;9-6-8(7-10)4-2-1-3-5-8/h8H,2-7H2,1H3;1-2,9-10H,3-7H2. The molecule has 4 nitrogen and oxygen atoms in total. The molecule has 0 aromatic rings. The van der Waals surface area contributed by atoms with Gasteiger partial charge in [-0.1, -0.05) is 19.1 Å². The number of rotatable bonds is 4. The Morgan fingerprint density at radius 3 is 2.16 bits per heavy atom. The van der Waals surface area contributed by atoms with E-state index in [0.717, 1.165) is 25.7 Å². The van der Waals surface area contributed by atoms with Crippen LogP contribution >= 0.6 is 0 Å². The number of likely N-dealkylation sites (tertiary alicyclic amines) is 1. The molecule has 1 fully saturated rings. The first-order valence-electron chi connectivity index (χ1n) is 8.99. The van der Waals surface area contributed by atoms with E-state index in [4.69, 9.17) is 10.2 Å². The van der Waals surface area contributed by atoms with E-state index in [9.17, 15) is 18.0 Å². The van der Waals surface area contributed by atoms with Gasteiger partial charge in [0.2, 0.25) is 5.91 Å². The second-order valence-electron chi connectivity index (χ2n) is 6.98. The zero-order chi connectivity index (χ0) is 18.9. The molecule has 1 saturated heterocycles. The fraction of sp³-hybridized carbons (Fsp3) is 0.833. The molecule has 0 atom stereocenters. The molecule has 7 heteroatoms. The summed E-state index contributed by atoms with van der Waals surface area (Å²) in [5.41, 5.74) is -0.214. The molecular formula is C18H30F3NO3. The number of halogens is 3. The van der Waals surface area contributed by atoms with Gasteiger partial charge >= 0.3 is 6.18 Å². The number of piperidine rings is 1. The van der Waals surface area contributed by atoms with Crippen molar-refractivity contribution in [3.63, 3.8) is 0 Å². The summed E-state index contributed by atoms with van der Waals surface area (Å²) in [5.74, 6) is -1.23. The van der Waals surface area contributed by atoms with Gasteiger partial charge in [-0.3, -0.25) is 4.79 Å². The molecule has 2 N–H and O–H groups in total. The van der Waals surface area contributed by atoms with Crippen molar-refractivity contribution in [1.82, 2.24) is 4.90 Å². The first-order valence-corrected chi connectivity index (χ1v) is 8.99. The van der Waals surface area contributed by atoms with E-state index in [1.807, 2.05) is 13.0 Å². The number of hydrogen-bond acceptors (Lipinski definition) is 3. The Morgan fingerprint density at radius 2 is 1.80 bits per heavy atom. The van der Waals surface area contributed by atoms with Gasteiger partial charge < -0.3 is 15.1 Å². The summed E-state index contributed by atoms with van der Waals surface area (Å²) in [4.78, 5) is 12.9. The van der Waals surface area contributed by atoms with Crippen molar-refractivity contribution < 1.29 is 28.2 Å². The van der Waals surface area contributed by atoms with Crippen LogP contribution < -0.4 is 0 Å². The smallest absolute Gasteiger partial charge is 0.391 e. The average Bonchev–Trinajstić information content (AvgIpc) is 2.62. The summed E-state index contributed by atoms with van der Waals surface area (Å²) < 4.78 is 36.9. The number of nitrogens with zero attached hydrogens (tertiary/aromatic N) is 1. The first kappa shape index (κ1) is 22.0. The molecule has 0 bridgehead atoms.